The number of nitrogens with one attached hydrogen (secondary N) is 1. The maximum absolute atomic E-state index is 12.2. The van der Waals surface area contributed by atoms with E-state index in [1.807, 2.05) is 73.7 Å². The monoisotopic (exact) mass is 313 g/mol. The first-order chi connectivity index (χ1) is 11.7. The quantitative estimate of drug-likeness (QED) is 0.500. The summed E-state index contributed by atoms with van der Waals surface area (Å²) in [5.74, 6) is -0.0192. The van der Waals surface area contributed by atoms with Gasteiger partial charge in [0.1, 0.15) is 0 Å². The molecule has 3 aromatic rings. The number of hydrogen-bond acceptors (Lipinski definition) is 2. The Balaban J connectivity index is 1.64. The molecule has 0 heterocycles. The van der Waals surface area contributed by atoms with Crippen LogP contribution < -0.4 is 5.32 Å². The Kier molecular flexibility index (Phi) is 4.87. The molecular formula is C22H19NO. The third-order valence-corrected chi connectivity index (χ3v) is 3.81. The van der Waals surface area contributed by atoms with Gasteiger partial charge in [-0.3, -0.25) is 4.79 Å². The van der Waals surface area contributed by atoms with Gasteiger partial charge in [0.25, 0.3) is 0 Å². The van der Waals surface area contributed by atoms with E-state index in [1.165, 1.54) is 5.56 Å². The van der Waals surface area contributed by atoms with Gasteiger partial charge in [0.15, 0.2) is 5.78 Å². The molecule has 0 radical (unpaired) electrons. The zero-order valence-electron chi connectivity index (χ0n) is 13.6. The van der Waals surface area contributed by atoms with Gasteiger partial charge >= 0.3 is 0 Å². The highest BCUT2D eigenvalue weighted by Crippen LogP contribution is 2.19. The summed E-state index contributed by atoms with van der Waals surface area (Å²) in [5, 5.41) is 3.11. The first-order valence-corrected chi connectivity index (χ1v) is 7.92. The third kappa shape index (κ3) is 3.99. The minimum absolute atomic E-state index is 0.0192. The average Bonchev–Trinajstić information content (AvgIpc) is 2.64. The smallest absolute Gasteiger partial charge is 0.187 e. The van der Waals surface area contributed by atoms with Gasteiger partial charge in [-0.1, -0.05) is 72.3 Å². The number of aryl methyl sites for hydroxylation is 1. The molecule has 0 aliphatic rings. The van der Waals surface area contributed by atoms with Crippen LogP contribution in [0.15, 0.2) is 91.1 Å². The molecule has 2 heteroatoms. The van der Waals surface area contributed by atoms with Crippen LogP contribution >= 0.6 is 0 Å². The molecular weight excluding hydrogens is 294 g/mol. The second kappa shape index (κ2) is 7.42. The Morgan fingerprint density at radius 2 is 1.42 bits per heavy atom. The lowest BCUT2D eigenvalue weighted by Crippen LogP contribution is -1.96. The van der Waals surface area contributed by atoms with Crippen molar-refractivity contribution in [3.63, 3.8) is 0 Å². The maximum Gasteiger partial charge on any atom is 0.187 e. The molecule has 3 aromatic carbocycles. The second-order valence-electron chi connectivity index (χ2n) is 5.65. The molecule has 0 saturated carbocycles. The van der Waals surface area contributed by atoms with E-state index < -0.39 is 0 Å². The zero-order valence-corrected chi connectivity index (χ0v) is 13.6. The van der Waals surface area contributed by atoms with Crippen LogP contribution in [0.4, 0.5) is 5.69 Å². The molecule has 1 N–H and O–H groups in total. The highest BCUT2D eigenvalue weighted by Gasteiger charge is 2.02. The average molecular weight is 313 g/mol. The number of rotatable bonds is 5. The van der Waals surface area contributed by atoms with E-state index in [9.17, 15) is 4.79 Å². The van der Waals surface area contributed by atoms with Crippen LogP contribution in [0.2, 0.25) is 0 Å². The summed E-state index contributed by atoms with van der Waals surface area (Å²) in [4.78, 5) is 12.2. The summed E-state index contributed by atoms with van der Waals surface area (Å²) in [6.45, 7) is 2.04. The molecule has 0 aliphatic carbocycles. The predicted molar refractivity (Wildman–Crippen MR) is 100 cm³/mol. The molecule has 0 aliphatic heterocycles. The number of ketones is 1. The fourth-order valence-electron chi connectivity index (χ4n) is 2.42. The number of anilines is 1. The van der Waals surface area contributed by atoms with Crippen LogP contribution in [0, 0.1) is 6.92 Å². The number of carbonyl (C=O) groups is 1. The van der Waals surface area contributed by atoms with Crippen molar-refractivity contribution in [2.24, 2.45) is 0 Å². The van der Waals surface area contributed by atoms with Crippen molar-refractivity contribution in [2.75, 3.05) is 5.32 Å². The van der Waals surface area contributed by atoms with Crippen molar-refractivity contribution < 1.29 is 4.79 Å². The summed E-state index contributed by atoms with van der Waals surface area (Å²) < 4.78 is 0. The van der Waals surface area contributed by atoms with Gasteiger partial charge < -0.3 is 5.32 Å². The fourth-order valence-corrected chi connectivity index (χ4v) is 2.42. The van der Waals surface area contributed by atoms with Crippen molar-refractivity contribution in [1.82, 2.24) is 0 Å². The van der Waals surface area contributed by atoms with Crippen molar-refractivity contribution >= 4 is 11.5 Å². The second-order valence-corrected chi connectivity index (χ2v) is 5.65. The highest BCUT2D eigenvalue weighted by molar-refractivity contribution is 6.04. The van der Waals surface area contributed by atoms with Crippen molar-refractivity contribution in [1.29, 1.82) is 0 Å². The summed E-state index contributed by atoms with van der Waals surface area (Å²) in [7, 11) is 0. The molecule has 0 bridgehead atoms. The van der Waals surface area contributed by atoms with Gasteiger partial charge in [-0.25, -0.2) is 0 Å². The minimum Gasteiger partial charge on any atom is -0.362 e. The lowest BCUT2D eigenvalue weighted by Gasteiger charge is -2.03. The standard InChI is InChI=1S/C22H19NO/c1-17-7-13-21(14-8-17)23-16-15-22(24)20-11-9-19(10-12-20)18-5-3-2-4-6-18/h2-16,23H,1H3/b16-15-. The number of benzene rings is 3. The Hall–Kier alpha value is -3.13. The normalized spacial score (nSPS) is 10.7. The number of allylic oxidation sites excluding steroid dienone is 1. The van der Waals surface area contributed by atoms with Gasteiger partial charge in [-0.05, 0) is 30.2 Å². The Labute approximate surface area is 142 Å². The molecule has 0 saturated heterocycles. The molecule has 118 valence electrons. The van der Waals surface area contributed by atoms with E-state index >= 15 is 0 Å². The van der Waals surface area contributed by atoms with Gasteiger partial charge in [-0.15, -0.1) is 0 Å². The van der Waals surface area contributed by atoms with E-state index in [1.54, 1.807) is 12.3 Å². The van der Waals surface area contributed by atoms with E-state index in [2.05, 4.69) is 17.4 Å². The summed E-state index contributed by atoms with van der Waals surface area (Å²) >= 11 is 0. The van der Waals surface area contributed by atoms with Crippen molar-refractivity contribution in [3.8, 4) is 11.1 Å². The maximum atomic E-state index is 12.2. The van der Waals surface area contributed by atoms with Crippen molar-refractivity contribution in [3.05, 3.63) is 102 Å². The van der Waals surface area contributed by atoms with Crippen LogP contribution in [0.1, 0.15) is 15.9 Å². The first kappa shape index (κ1) is 15.8. The Morgan fingerprint density at radius 3 is 2.08 bits per heavy atom. The molecule has 0 amide bonds. The largest absolute Gasteiger partial charge is 0.362 e. The van der Waals surface area contributed by atoms with Crippen LogP contribution in [-0.2, 0) is 0 Å². The lowest BCUT2D eigenvalue weighted by molar-refractivity contribution is 0.104. The van der Waals surface area contributed by atoms with Gasteiger partial charge in [0, 0.05) is 23.5 Å². The molecule has 3 rings (SSSR count). The Morgan fingerprint density at radius 1 is 0.792 bits per heavy atom. The van der Waals surface area contributed by atoms with E-state index in [0.717, 1.165) is 16.8 Å². The molecule has 0 atom stereocenters. The fraction of sp³-hybridized carbons (Fsp3) is 0.0455. The lowest BCUT2D eigenvalue weighted by atomic mass is 10.0. The summed E-state index contributed by atoms with van der Waals surface area (Å²) in [5.41, 5.74) is 5.10. The van der Waals surface area contributed by atoms with Gasteiger partial charge in [0.2, 0.25) is 0 Å². The first-order valence-electron chi connectivity index (χ1n) is 7.92. The molecule has 0 fully saturated rings. The van der Waals surface area contributed by atoms with Crippen LogP contribution in [0.3, 0.4) is 0 Å². The Bertz CT molecular complexity index is 831. The molecule has 0 aromatic heterocycles. The molecule has 0 unspecified atom stereocenters. The third-order valence-electron chi connectivity index (χ3n) is 3.81. The van der Waals surface area contributed by atoms with Gasteiger partial charge in [-0.2, -0.15) is 0 Å². The summed E-state index contributed by atoms with van der Waals surface area (Å²) in [6, 6.07) is 25.8. The molecule has 2 nitrogen and oxygen atoms in total. The van der Waals surface area contributed by atoms with E-state index in [4.69, 9.17) is 0 Å². The van der Waals surface area contributed by atoms with E-state index in [-0.39, 0.29) is 5.78 Å². The highest BCUT2D eigenvalue weighted by atomic mass is 16.1. The number of carbonyl (C=O) groups excluding carboxylic acids is 1. The van der Waals surface area contributed by atoms with Crippen LogP contribution in [-0.4, -0.2) is 5.78 Å². The topological polar surface area (TPSA) is 29.1 Å². The molecule has 24 heavy (non-hydrogen) atoms. The predicted octanol–water partition coefficient (Wildman–Crippen LogP) is 5.47. The molecule has 0 spiro atoms. The minimum atomic E-state index is -0.0192. The SMILES string of the molecule is Cc1ccc(N/C=C\C(=O)c2ccc(-c3ccccc3)cc2)cc1. The number of hydrogen-bond donors (Lipinski definition) is 1. The van der Waals surface area contributed by atoms with Crippen molar-refractivity contribution in [2.45, 2.75) is 6.92 Å². The van der Waals surface area contributed by atoms with Crippen LogP contribution in [0.25, 0.3) is 11.1 Å². The van der Waals surface area contributed by atoms with Crippen LogP contribution in [0.5, 0.6) is 0 Å². The van der Waals surface area contributed by atoms with E-state index in [0.29, 0.717) is 5.56 Å². The van der Waals surface area contributed by atoms with Gasteiger partial charge in [0.05, 0.1) is 0 Å². The zero-order chi connectivity index (χ0) is 16.8. The summed E-state index contributed by atoms with van der Waals surface area (Å²) in [6.07, 6.45) is 3.23.